The van der Waals surface area contributed by atoms with Crippen molar-refractivity contribution in [2.45, 2.75) is 43.7 Å². The highest BCUT2D eigenvalue weighted by Crippen LogP contribution is 2.26. The minimum Gasteiger partial charge on any atom is -0.383 e. The number of ether oxygens (including phenoxy) is 1. The Morgan fingerprint density at radius 3 is 2.67 bits per heavy atom. The zero-order valence-electron chi connectivity index (χ0n) is 18.5. The Hall–Kier alpha value is -2.04. The number of piperidine rings is 1. The van der Waals surface area contributed by atoms with Gasteiger partial charge in [0.1, 0.15) is 0 Å². The quantitative estimate of drug-likeness (QED) is 0.498. The first-order valence-corrected chi connectivity index (χ1v) is 13.4. The number of thiazole rings is 1. The van der Waals surface area contributed by atoms with Gasteiger partial charge >= 0.3 is 0 Å². The summed E-state index contributed by atoms with van der Waals surface area (Å²) >= 11 is 7.77. The van der Waals surface area contributed by atoms with Gasteiger partial charge in [-0.15, -0.1) is 0 Å². The molecule has 7 nitrogen and oxygen atoms in total. The zero-order valence-corrected chi connectivity index (χ0v) is 20.9. The third-order valence-electron chi connectivity index (χ3n) is 5.82. The van der Waals surface area contributed by atoms with Crippen molar-refractivity contribution in [3.05, 3.63) is 57.9 Å². The van der Waals surface area contributed by atoms with Crippen molar-refractivity contribution in [1.82, 2.24) is 8.87 Å². The maximum absolute atomic E-state index is 13.0. The molecule has 33 heavy (non-hydrogen) atoms. The Kier molecular flexibility index (Phi) is 7.35. The molecular formula is C23H26ClN3O4S2. The highest BCUT2D eigenvalue weighted by atomic mass is 35.5. The summed E-state index contributed by atoms with van der Waals surface area (Å²) in [5, 5.41) is 0.579. The van der Waals surface area contributed by atoms with E-state index in [0.29, 0.717) is 35.1 Å². The molecule has 0 aliphatic carbocycles. The second kappa shape index (κ2) is 10.1. The third-order valence-corrected chi connectivity index (χ3v) is 9.19. The van der Waals surface area contributed by atoms with Gasteiger partial charge in [-0.2, -0.15) is 9.30 Å². The summed E-state index contributed by atoms with van der Waals surface area (Å²) in [4.78, 5) is 17.9. The van der Waals surface area contributed by atoms with E-state index in [0.717, 1.165) is 29.5 Å². The summed E-state index contributed by atoms with van der Waals surface area (Å²) in [6.45, 7) is 3.40. The van der Waals surface area contributed by atoms with Crippen LogP contribution in [0.25, 0.3) is 10.2 Å². The van der Waals surface area contributed by atoms with Gasteiger partial charge in [0.05, 0.1) is 26.7 Å². The molecule has 1 aromatic heterocycles. The van der Waals surface area contributed by atoms with Gasteiger partial charge in [0.2, 0.25) is 10.0 Å². The number of carbonyl (C=O) groups is 1. The van der Waals surface area contributed by atoms with E-state index in [1.807, 2.05) is 23.6 Å². The van der Waals surface area contributed by atoms with E-state index < -0.39 is 15.9 Å². The normalized spacial score (nSPS) is 18.2. The van der Waals surface area contributed by atoms with Crippen molar-refractivity contribution in [3.63, 3.8) is 0 Å². The molecule has 0 N–H and O–H groups in total. The number of amides is 1. The van der Waals surface area contributed by atoms with Gasteiger partial charge in [-0.1, -0.05) is 35.4 Å². The number of rotatable bonds is 6. The second-order valence-corrected chi connectivity index (χ2v) is 11.3. The van der Waals surface area contributed by atoms with Crippen molar-refractivity contribution < 1.29 is 17.9 Å². The molecule has 0 spiro atoms. The molecule has 3 aromatic rings. The van der Waals surface area contributed by atoms with Crippen LogP contribution in [0.15, 0.2) is 52.4 Å². The maximum Gasteiger partial charge on any atom is 0.279 e. The number of hydrogen-bond donors (Lipinski definition) is 0. The van der Waals surface area contributed by atoms with Crippen LogP contribution < -0.4 is 4.80 Å². The molecule has 2 aromatic carbocycles. The lowest BCUT2D eigenvalue weighted by Crippen LogP contribution is -2.41. The van der Waals surface area contributed by atoms with Gasteiger partial charge in [-0.05, 0) is 56.2 Å². The van der Waals surface area contributed by atoms with Crippen LogP contribution in [0.5, 0.6) is 0 Å². The molecule has 10 heteroatoms. The van der Waals surface area contributed by atoms with Crippen LogP contribution in [-0.2, 0) is 21.3 Å². The highest BCUT2D eigenvalue weighted by molar-refractivity contribution is 7.89. The van der Waals surface area contributed by atoms with E-state index in [2.05, 4.69) is 4.99 Å². The SMILES string of the molecule is COCCn1c(=NC(=O)c2ccc(S(=O)(=O)N3CCCCC3C)cc2)sc2cccc(Cl)c21. The van der Waals surface area contributed by atoms with Gasteiger partial charge in [-0.25, -0.2) is 8.42 Å². The number of hydrogen-bond acceptors (Lipinski definition) is 5. The molecule has 0 saturated carbocycles. The van der Waals surface area contributed by atoms with E-state index in [1.165, 1.54) is 35.6 Å². The molecule has 1 atom stereocenters. The molecule has 2 heterocycles. The van der Waals surface area contributed by atoms with Crippen LogP contribution in [0.2, 0.25) is 5.02 Å². The molecular weight excluding hydrogens is 482 g/mol. The number of sulfonamides is 1. The molecule has 1 aliphatic heterocycles. The molecule has 176 valence electrons. The average molecular weight is 508 g/mol. The first-order valence-electron chi connectivity index (χ1n) is 10.8. The van der Waals surface area contributed by atoms with Crippen LogP contribution in [0.4, 0.5) is 0 Å². The smallest absolute Gasteiger partial charge is 0.279 e. The number of para-hydroxylation sites is 1. The standard InChI is InChI=1S/C23H26ClN3O4S2/c1-16-6-3-4-13-27(16)33(29,30)18-11-9-17(10-12-18)22(28)25-23-26(14-15-31-2)21-19(24)7-5-8-20(21)32-23/h5,7-12,16H,3-4,6,13-15H2,1-2H3. The van der Waals surface area contributed by atoms with Gasteiger partial charge in [0.25, 0.3) is 5.91 Å². The Morgan fingerprint density at radius 2 is 1.97 bits per heavy atom. The summed E-state index contributed by atoms with van der Waals surface area (Å²) in [5.74, 6) is -0.445. The molecule has 0 bridgehead atoms. The topological polar surface area (TPSA) is 81.0 Å². The molecule has 1 saturated heterocycles. The number of benzene rings is 2. The van der Waals surface area contributed by atoms with Gasteiger partial charge in [0.15, 0.2) is 4.80 Å². The van der Waals surface area contributed by atoms with Crippen LogP contribution in [-0.4, -0.2) is 49.5 Å². The van der Waals surface area contributed by atoms with Gasteiger partial charge in [-0.3, -0.25) is 4.79 Å². The number of halogens is 1. The minimum atomic E-state index is -3.59. The molecule has 1 fully saturated rings. The van der Waals surface area contributed by atoms with E-state index in [-0.39, 0.29) is 10.9 Å². The fourth-order valence-electron chi connectivity index (χ4n) is 4.05. The second-order valence-electron chi connectivity index (χ2n) is 8.02. The van der Waals surface area contributed by atoms with E-state index in [4.69, 9.17) is 16.3 Å². The number of nitrogens with zero attached hydrogens (tertiary/aromatic N) is 3. The lowest BCUT2D eigenvalue weighted by atomic mass is 10.1. The fourth-order valence-corrected chi connectivity index (χ4v) is 7.16. The van der Waals surface area contributed by atoms with Crippen molar-refractivity contribution >= 4 is 49.1 Å². The Morgan fingerprint density at radius 1 is 1.21 bits per heavy atom. The number of fused-ring (bicyclic) bond motifs is 1. The molecule has 1 amide bonds. The fraction of sp³-hybridized carbons (Fsp3) is 0.391. The van der Waals surface area contributed by atoms with Crippen LogP contribution in [0.1, 0.15) is 36.5 Å². The lowest BCUT2D eigenvalue weighted by Gasteiger charge is -2.32. The van der Waals surface area contributed by atoms with Crippen LogP contribution in [0.3, 0.4) is 0 Å². The summed E-state index contributed by atoms with van der Waals surface area (Å²) in [6, 6.07) is 11.6. The summed E-state index contributed by atoms with van der Waals surface area (Å²) in [5.41, 5.74) is 1.13. The van der Waals surface area contributed by atoms with Gasteiger partial charge in [0, 0.05) is 31.8 Å². The Bertz CT molecular complexity index is 1330. The van der Waals surface area contributed by atoms with E-state index in [9.17, 15) is 13.2 Å². The van der Waals surface area contributed by atoms with Crippen LogP contribution >= 0.6 is 22.9 Å². The van der Waals surface area contributed by atoms with E-state index >= 15 is 0 Å². The summed E-state index contributed by atoms with van der Waals surface area (Å²) in [7, 11) is -1.98. The Balaban J connectivity index is 1.66. The molecule has 1 unspecified atom stereocenters. The number of carbonyl (C=O) groups excluding carboxylic acids is 1. The monoisotopic (exact) mass is 507 g/mol. The summed E-state index contributed by atoms with van der Waals surface area (Å²) < 4.78 is 35.6. The molecule has 1 aliphatic rings. The molecule has 0 radical (unpaired) electrons. The van der Waals surface area contributed by atoms with Crippen molar-refractivity contribution in [2.75, 3.05) is 20.3 Å². The average Bonchev–Trinajstić information content (AvgIpc) is 3.16. The summed E-state index contributed by atoms with van der Waals surface area (Å²) in [6.07, 6.45) is 2.76. The lowest BCUT2D eigenvalue weighted by molar-refractivity contribution is 0.0997. The van der Waals surface area contributed by atoms with Crippen molar-refractivity contribution in [1.29, 1.82) is 0 Å². The predicted molar refractivity (Wildman–Crippen MR) is 130 cm³/mol. The third kappa shape index (κ3) is 4.93. The van der Waals surface area contributed by atoms with Crippen molar-refractivity contribution in [3.8, 4) is 0 Å². The molecule has 4 rings (SSSR count). The number of aromatic nitrogens is 1. The minimum absolute atomic E-state index is 0.0256. The maximum atomic E-state index is 13.0. The largest absolute Gasteiger partial charge is 0.383 e. The highest BCUT2D eigenvalue weighted by Gasteiger charge is 2.30. The van der Waals surface area contributed by atoms with Gasteiger partial charge < -0.3 is 9.30 Å². The van der Waals surface area contributed by atoms with Crippen LogP contribution in [0, 0.1) is 0 Å². The zero-order chi connectivity index (χ0) is 23.6. The van der Waals surface area contributed by atoms with Crippen molar-refractivity contribution in [2.24, 2.45) is 4.99 Å². The number of methoxy groups -OCH3 is 1. The first-order chi connectivity index (χ1) is 15.8. The van der Waals surface area contributed by atoms with E-state index in [1.54, 1.807) is 17.5 Å². The Labute approximate surface area is 202 Å². The first kappa shape index (κ1) is 24.1. The predicted octanol–water partition coefficient (Wildman–Crippen LogP) is 4.31.